The first-order chi connectivity index (χ1) is 7.19. The van der Waals surface area contributed by atoms with E-state index in [1.165, 1.54) is 6.20 Å². The van der Waals surface area contributed by atoms with Gasteiger partial charge in [0.05, 0.1) is 23.6 Å². The van der Waals surface area contributed by atoms with Gasteiger partial charge in [-0.3, -0.25) is 0 Å². The molecule has 0 amide bonds. The molecule has 5 heteroatoms. The largest absolute Gasteiger partial charge is 0.397 e. The summed E-state index contributed by atoms with van der Waals surface area (Å²) in [5, 5.41) is 21.1. The molecule has 1 fully saturated rings. The quantitative estimate of drug-likeness (QED) is 0.651. The van der Waals surface area contributed by atoms with E-state index in [9.17, 15) is 0 Å². The molecule has 1 aliphatic rings. The van der Waals surface area contributed by atoms with Crippen molar-refractivity contribution in [3.05, 3.63) is 17.8 Å². The summed E-state index contributed by atoms with van der Waals surface area (Å²) in [6.07, 6.45) is 2.70. The fourth-order valence-electron chi connectivity index (χ4n) is 1.58. The first-order valence-corrected chi connectivity index (χ1v) is 4.79. The van der Waals surface area contributed by atoms with E-state index in [1.807, 2.05) is 6.07 Å². The summed E-state index contributed by atoms with van der Waals surface area (Å²) in [6, 6.07) is 3.83. The molecule has 1 aromatic heterocycles. The molecule has 1 aromatic rings. The van der Waals surface area contributed by atoms with Gasteiger partial charge in [0.1, 0.15) is 11.9 Å². The number of aliphatic hydroxyl groups is 1. The van der Waals surface area contributed by atoms with Crippen molar-refractivity contribution in [1.29, 1.82) is 5.26 Å². The molecule has 1 saturated carbocycles. The van der Waals surface area contributed by atoms with E-state index in [0.29, 0.717) is 29.9 Å². The number of nitriles is 1. The Morgan fingerprint density at radius 2 is 2.33 bits per heavy atom. The van der Waals surface area contributed by atoms with Crippen LogP contribution in [0.2, 0.25) is 0 Å². The molecule has 0 unspecified atom stereocenters. The smallest absolute Gasteiger partial charge is 0.144 e. The van der Waals surface area contributed by atoms with Crippen LogP contribution in [0.1, 0.15) is 18.4 Å². The summed E-state index contributed by atoms with van der Waals surface area (Å²) in [7, 11) is 0. The molecular weight excluding hydrogens is 192 g/mol. The van der Waals surface area contributed by atoms with Gasteiger partial charge in [0.15, 0.2) is 0 Å². The molecule has 0 saturated heterocycles. The molecule has 15 heavy (non-hydrogen) atoms. The number of nitrogens with one attached hydrogen (secondary N) is 1. The molecule has 78 valence electrons. The molecule has 1 heterocycles. The van der Waals surface area contributed by atoms with Crippen molar-refractivity contribution in [3.8, 4) is 6.07 Å². The van der Waals surface area contributed by atoms with Gasteiger partial charge in [-0.25, -0.2) is 4.98 Å². The highest BCUT2D eigenvalue weighted by atomic mass is 16.3. The van der Waals surface area contributed by atoms with E-state index in [4.69, 9.17) is 16.1 Å². The monoisotopic (exact) mass is 204 g/mol. The van der Waals surface area contributed by atoms with Crippen LogP contribution < -0.4 is 11.1 Å². The zero-order valence-corrected chi connectivity index (χ0v) is 8.14. The lowest BCUT2D eigenvalue weighted by molar-refractivity contribution is 0.0835. The van der Waals surface area contributed by atoms with E-state index in [1.54, 1.807) is 6.07 Å². The summed E-state index contributed by atoms with van der Waals surface area (Å²) < 4.78 is 0. The molecule has 5 nitrogen and oxygen atoms in total. The van der Waals surface area contributed by atoms with Gasteiger partial charge in [-0.05, 0) is 18.9 Å². The van der Waals surface area contributed by atoms with Crippen molar-refractivity contribution in [2.24, 2.45) is 0 Å². The Labute approximate surface area is 87.5 Å². The molecule has 0 atom stereocenters. The van der Waals surface area contributed by atoms with E-state index in [0.717, 1.165) is 0 Å². The average molecular weight is 204 g/mol. The van der Waals surface area contributed by atoms with Gasteiger partial charge in [-0.1, -0.05) is 0 Å². The zero-order chi connectivity index (χ0) is 10.8. The molecule has 0 spiro atoms. The third-order valence-corrected chi connectivity index (χ3v) is 2.48. The fourth-order valence-corrected chi connectivity index (χ4v) is 1.58. The minimum Gasteiger partial charge on any atom is -0.397 e. The number of aromatic nitrogens is 1. The summed E-state index contributed by atoms with van der Waals surface area (Å²) in [4.78, 5) is 4.06. The summed E-state index contributed by atoms with van der Waals surface area (Å²) in [6.45, 7) is 0. The van der Waals surface area contributed by atoms with Crippen LogP contribution in [0.15, 0.2) is 12.3 Å². The first kappa shape index (κ1) is 9.74. The van der Waals surface area contributed by atoms with Crippen molar-refractivity contribution in [2.45, 2.75) is 25.0 Å². The van der Waals surface area contributed by atoms with Gasteiger partial charge < -0.3 is 16.2 Å². The molecular formula is C10H12N4O. The summed E-state index contributed by atoms with van der Waals surface area (Å²) in [5.41, 5.74) is 6.44. The van der Waals surface area contributed by atoms with Gasteiger partial charge in [0, 0.05) is 6.04 Å². The van der Waals surface area contributed by atoms with Crippen molar-refractivity contribution in [1.82, 2.24) is 4.98 Å². The number of aliphatic hydroxyl groups excluding tert-OH is 1. The lowest BCUT2D eigenvalue weighted by Gasteiger charge is -2.32. The predicted molar refractivity (Wildman–Crippen MR) is 56.0 cm³/mol. The normalized spacial score (nSPS) is 24.0. The van der Waals surface area contributed by atoms with Crippen LogP contribution in [0.25, 0.3) is 0 Å². The average Bonchev–Trinajstić information content (AvgIpc) is 2.18. The van der Waals surface area contributed by atoms with Gasteiger partial charge in [0.25, 0.3) is 0 Å². The van der Waals surface area contributed by atoms with Crippen LogP contribution in [0.3, 0.4) is 0 Å². The lowest BCUT2D eigenvalue weighted by atomic mass is 9.89. The number of nitrogens with two attached hydrogens (primary N) is 1. The second-order valence-electron chi connectivity index (χ2n) is 3.74. The highest BCUT2D eigenvalue weighted by molar-refractivity contribution is 5.57. The highest BCUT2D eigenvalue weighted by Gasteiger charge is 2.27. The molecule has 0 radical (unpaired) electrons. The van der Waals surface area contributed by atoms with E-state index >= 15 is 0 Å². The van der Waals surface area contributed by atoms with Crippen LogP contribution in [0.5, 0.6) is 0 Å². The van der Waals surface area contributed by atoms with Crippen LogP contribution in [0.4, 0.5) is 11.5 Å². The minimum absolute atomic E-state index is 0.211. The minimum atomic E-state index is -0.221. The maximum atomic E-state index is 9.12. The van der Waals surface area contributed by atoms with Crippen LogP contribution in [-0.4, -0.2) is 22.2 Å². The number of nitrogen functional groups attached to an aromatic ring is 1. The fraction of sp³-hybridized carbons (Fsp3) is 0.400. The van der Waals surface area contributed by atoms with Crippen molar-refractivity contribution < 1.29 is 5.11 Å². The Bertz CT molecular complexity index is 406. The zero-order valence-electron chi connectivity index (χ0n) is 8.14. The van der Waals surface area contributed by atoms with Gasteiger partial charge in [0.2, 0.25) is 0 Å². The molecule has 1 aliphatic carbocycles. The number of anilines is 2. The number of hydrogen-bond acceptors (Lipinski definition) is 5. The molecule has 0 bridgehead atoms. The van der Waals surface area contributed by atoms with Gasteiger partial charge in [-0.2, -0.15) is 5.26 Å². The Hall–Kier alpha value is -1.80. The maximum Gasteiger partial charge on any atom is 0.144 e. The second kappa shape index (κ2) is 3.75. The van der Waals surface area contributed by atoms with E-state index in [2.05, 4.69) is 10.3 Å². The third-order valence-electron chi connectivity index (χ3n) is 2.48. The molecule has 2 rings (SSSR count). The van der Waals surface area contributed by atoms with Crippen LogP contribution in [0, 0.1) is 11.3 Å². The predicted octanol–water partition coefficient (Wildman–Crippen LogP) is 0.471. The lowest BCUT2D eigenvalue weighted by Crippen LogP contribution is -2.39. The van der Waals surface area contributed by atoms with E-state index in [-0.39, 0.29) is 12.1 Å². The van der Waals surface area contributed by atoms with Crippen LogP contribution in [-0.2, 0) is 0 Å². The van der Waals surface area contributed by atoms with Gasteiger partial charge in [-0.15, -0.1) is 0 Å². The van der Waals surface area contributed by atoms with Gasteiger partial charge >= 0.3 is 0 Å². The number of pyridine rings is 1. The SMILES string of the molecule is N#Cc1cc(N)cnc1NC1CC(O)C1. The van der Waals surface area contributed by atoms with E-state index < -0.39 is 0 Å². The second-order valence-corrected chi connectivity index (χ2v) is 3.74. The summed E-state index contributed by atoms with van der Waals surface area (Å²) in [5.74, 6) is 0.545. The number of hydrogen-bond donors (Lipinski definition) is 3. The summed E-state index contributed by atoms with van der Waals surface area (Å²) >= 11 is 0. The Morgan fingerprint density at radius 1 is 1.60 bits per heavy atom. The third kappa shape index (κ3) is 2.00. The highest BCUT2D eigenvalue weighted by Crippen LogP contribution is 2.25. The number of rotatable bonds is 2. The Kier molecular flexibility index (Phi) is 2.44. The topological polar surface area (TPSA) is 95.0 Å². The standard InChI is InChI=1S/C10H12N4O/c11-4-6-1-7(12)5-13-10(6)14-8-2-9(15)3-8/h1,5,8-9,15H,2-3,12H2,(H,13,14). The number of nitrogens with zero attached hydrogens (tertiary/aromatic N) is 2. The van der Waals surface area contributed by atoms with Crippen molar-refractivity contribution in [3.63, 3.8) is 0 Å². The molecule has 0 aliphatic heterocycles. The molecule has 0 aromatic carbocycles. The van der Waals surface area contributed by atoms with Crippen molar-refractivity contribution in [2.75, 3.05) is 11.1 Å². The van der Waals surface area contributed by atoms with Crippen molar-refractivity contribution >= 4 is 11.5 Å². The maximum absolute atomic E-state index is 9.12. The molecule has 4 N–H and O–H groups in total. The Balaban J connectivity index is 2.11. The first-order valence-electron chi connectivity index (χ1n) is 4.79. The Morgan fingerprint density at radius 3 is 2.93 bits per heavy atom. The van der Waals surface area contributed by atoms with Crippen LogP contribution >= 0.6 is 0 Å².